The van der Waals surface area contributed by atoms with Gasteiger partial charge in [0, 0.05) is 33.5 Å². The van der Waals surface area contributed by atoms with Gasteiger partial charge in [-0.1, -0.05) is 152 Å². The zero-order valence-corrected chi connectivity index (χ0v) is 29.7. The number of fused-ring (bicyclic) bond motifs is 4. The van der Waals surface area contributed by atoms with Crippen LogP contribution in [0.5, 0.6) is 0 Å². The number of aromatic nitrogens is 1. The van der Waals surface area contributed by atoms with E-state index in [0.29, 0.717) is 0 Å². The van der Waals surface area contributed by atoms with E-state index in [0.717, 1.165) is 17.1 Å². The summed E-state index contributed by atoms with van der Waals surface area (Å²) < 4.78 is 2.37. The van der Waals surface area contributed by atoms with Crippen molar-refractivity contribution in [3.8, 4) is 39.1 Å². The van der Waals surface area contributed by atoms with Crippen LogP contribution in [0.3, 0.4) is 0 Å². The van der Waals surface area contributed by atoms with Crippen molar-refractivity contribution in [1.82, 2.24) is 4.57 Å². The van der Waals surface area contributed by atoms with Gasteiger partial charge in [0.15, 0.2) is 0 Å². The van der Waals surface area contributed by atoms with E-state index in [9.17, 15) is 0 Å². The largest absolute Gasteiger partial charge is 0.310 e. The van der Waals surface area contributed by atoms with Crippen molar-refractivity contribution < 1.29 is 0 Å². The van der Waals surface area contributed by atoms with E-state index in [1.807, 2.05) is 0 Å². The molecule has 0 saturated carbocycles. The van der Waals surface area contributed by atoms with Crippen LogP contribution in [-0.4, -0.2) is 4.57 Å². The molecular formula is C52H36N2. The van der Waals surface area contributed by atoms with E-state index < -0.39 is 0 Å². The first-order valence-corrected chi connectivity index (χ1v) is 18.5. The highest BCUT2D eigenvalue weighted by Gasteiger charge is 2.16. The molecule has 1 aromatic heterocycles. The molecule has 0 amide bonds. The highest BCUT2D eigenvalue weighted by Crippen LogP contribution is 2.40. The molecule has 0 unspecified atom stereocenters. The molecule has 0 aliphatic carbocycles. The number of para-hydroxylation sites is 2. The lowest BCUT2D eigenvalue weighted by molar-refractivity contribution is 1.18. The second-order valence-corrected chi connectivity index (χ2v) is 13.8. The standard InChI is InChI=1S/C52H36N2/c1-3-12-37(13-4-1)39-22-24-40(25-23-39)43-16-11-19-47(34-43)53(48-32-28-38-14-7-8-15-42(38)35-48)46-30-26-41(27-31-46)44-29-33-52-50(36-44)49-20-9-10-21-51(49)54(52)45-17-5-2-6-18-45/h1-36H. The molecule has 0 aliphatic rings. The molecule has 54 heavy (non-hydrogen) atoms. The zero-order chi connectivity index (χ0) is 35.8. The van der Waals surface area contributed by atoms with Gasteiger partial charge in [-0.3, -0.25) is 0 Å². The Kier molecular flexibility index (Phi) is 7.85. The topological polar surface area (TPSA) is 8.17 Å². The maximum atomic E-state index is 2.37. The molecule has 2 heteroatoms. The van der Waals surface area contributed by atoms with Gasteiger partial charge < -0.3 is 9.47 Å². The highest BCUT2D eigenvalue weighted by atomic mass is 15.1. The van der Waals surface area contributed by atoms with Crippen molar-refractivity contribution in [1.29, 1.82) is 0 Å². The first-order chi connectivity index (χ1) is 26.8. The normalized spacial score (nSPS) is 11.3. The molecule has 254 valence electrons. The maximum Gasteiger partial charge on any atom is 0.0541 e. The molecule has 0 spiro atoms. The summed E-state index contributed by atoms with van der Waals surface area (Å²) in [4.78, 5) is 2.37. The predicted octanol–water partition coefficient (Wildman–Crippen LogP) is 14.4. The molecule has 0 fully saturated rings. The van der Waals surface area contributed by atoms with Crippen LogP contribution in [0.25, 0.3) is 71.6 Å². The molecule has 0 radical (unpaired) electrons. The summed E-state index contributed by atoms with van der Waals surface area (Å²) in [5.74, 6) is 0. The van der Waals surface area contributed by atoms with Crippen LogP contribution in [-0.2, 0) is 0 Å². The second-order valence-electron chi connectivity index (χ2n) is 13.8. The number of hydrogen-bond acceptors (Lipinski definition) is 1. The summed E-state index contributed by atoms with van der Waals surface area (Å²) in [6.45, 7) is 0. The molecule has 10 rings (SSSR count). The molecule has 10 aromatic rings. The Bertz CT molecular complexity index is 2910. The third-order valence-electron chi connectivity index (χ3n) is 10.6. The molecule has 0 N–H and O–H groups in total. The Morgan fingerprint density at radius 2 is 0.796 bits per heavy atom. The van der Waals surface area contributed by atoms with Crippen molar-refractivity contribution in [2.45, 2.75) is 0 Å². The van der Waals surface area contributed by atoms with Crippen molar-refractivity contribution in [3.63, 3.8) is 0 Å². The van der Waals surface area contributed by atoms with Crippen LogP contribution in [0, 0.1) is 0 Å². The van der Waals surface area contributed by atoms with Crippen LogP contribution < -0.4 is 4.90 Å². The fraction of sp³-hybridized carbons (Fsp3) is 0. The Balaban J connectivity index is 1.04. The molecule has 0 bridgehead atoms. The molecule has 9 aromatic carbocycles. The van der Waals surface area contributed by atoms with Crippen LogP contribution in [0.4, 0.5) is 17.1 Å². The average molecular weight is 689 g/mol. The molecule has 2 nitrogen and oxygen atoms in total. The number of nitrogens with zero attached hydrogens (tertiary/aromatic N) is 2. The summed E-state index contributed by atoms with van der Waals surface area (Å²) >= 11 is 0. The highest BCUT2D eigenvalue weighted by molar-refractivity contribution is 6.10. The van der Waals surface area contributed by atoms with Gasteiger partial charge in [0.2, 0.25) is 0 Å². The average Bonchev–Trinajstić information content (AvgIpc) is 3.58. The van der Waals surface area contributed by atoms with Crippen LogP contribution in [0.2, 0.25) is 0 Å². The number of anilines is 3. The van der Waals surface area contributed by atoms with Gasteiger partial charge in [0.25, 0.3) is 0 Å². The Morgan fingerprint density at radius 3 is 1.57 bits per heavy atom. The third kappa shape index (κ3) is 5.71. The van der Waals surface area contributed by atoms with E-state index >= 15 is 0 Å². The smallest absolute Gasteiger partial charge is 0.0541 e. The number of rotatable bonds is 7. The van der Waals surface area contributed by atoms with E-state index in [4.69, 9.17) is 0 Å². The van der Waals surface area contributed by atoms with Gasteiger partial charge in [-0.25, -0.2) is 0 Å². The lowest BCUT2D eigenvalue weighted by atomic mass is 9.99. The SMILES string of the molecule is c1ccc(-c2ccc(-c3cccc(N(c4ccc(-c5ccc6c(c5)c5ccccc5n6-c5ccccc5)cc4)c4ccc5ccccc5c4)c3)cc2)cc1. The molecule has 0 aliphatic heterocycles. The summed E-state index contributed by atoms with van der Waals surface area (Å²) in [7, 11) is 0. The molecular weight excluding hydrogens is 653 g/mol. The van der Waals surface area contributed by atoms with Crippen LogP contribution in [0.15, 0.2) is 218 Å². The van der Waals surface area contributed by atoms with Crippen molar-refractivity contribution >= 4 is 49.6 Å². The van der Waals surface area contributed by atoms with Gasteiger partial charge in [0.05, 0.1) is 11.0 Å². The molecule has 0 atom stereocenters. The summed E-state index contributed by atoms with van der Waals surface area (Å²) in [5, 5.41) is 4.95. The minimum atomic E-state index is 1.10. The second kappa shape index (κ2) is 13.4. The summed E-state index contributed by atoms with van der Waals surface area (Å²) in [5.41, 5.74) is 14.1. The first-order valence-electron chi connectivity index (χ1n) is 18.5. The van der Waals surface area contributed by atoms with Crippen molar-refractivity contribution in [2.75, 3.05) is 4.90 Å². The monoisotopic (exact) mass is 688 g/mol. The lowest BCUT2D eigenvalue weighted by Crippen LogP contribution is -2.10. The van der Waals surface area contributed by atoms with E-state index in [-0.39, 0.29) is 0 Å². The number of hydrogen-bond donors (Lipinski definition) is 0. The van der Waals surface area contributed by atoms with Gasteiger partial charge in [-0.15, -0.1) is 0 Å². The fourth-order valence-electron chi connectivity index (χ4n) is 7.88. The zero-order valence-electron chi connectivity index (χ0n) is 29.7. The van der Waals surface area contributed by atoms with Gasteiger partial charge >= 0.3 is 0 Å². The van der Waals surface area contributed by atoms with Crippen LogP contribution >= 0.6 is 0 Å². The number of benzene rings is 9. The fourth-order valence-corrected chi connectivity index (χ4v) is 7.88. The third-order valence-corrected chi connectivity index (χ3v) is 10.6. The lowest BCUT2D eigenvalue weighted by Gasteiger charge is -2.26. The van der Waals surface area contributed by atoms with E-state index in [1.165, 1.54) is 71.6 Å². The minimum absolute atomic E-state index is 1.10. The Hall–Kier alpha value is -7.16. The van der Waals surface area contributed by atoms with E-state index in [2.05, 4.69) is 228 Å². The molecule has 1 heterocycles. The van der Waals surface area contributed by atoms with Gasteiger partial charge in [-0.2, -0.15) is 0 Å². The van der Waals surface area contributed by atoms with Crippen LogP contribution in [0.1, 0.15) is 0 Å². The Labute approximate surface area is 315 Å². The summed E-state index contributed by atoms with van der Waals surface area (Å²) in [6, 6.07) is 78.9. The van der Waals surface area contributed by atoms with E-state index in [1.54, 1.807) is 0 Å². The van der Waals surface area contributed by atoms with Gasteiger partial charge in [0.1, 0.15) is 0 Å². The maximum absolute atomic E-state index is 2.37. The minimum Gasteiger partial charge on any atom is -0.310 e. The van der Waals surface area contributed by atoms with Crippen molar-refractivity contribution in [3.05, 3.63) is 218 Å². The van der Waals surface area contributed by atoms with Gasteiger partial charge in [-0.05, 0) is 111 Å². The molecule has 0 saturated heterocycles. The van der Waals surface area contributed by atoms with Crippen molar-refractivity contribution in [2.24, 2.45) is 0 Å². The first kappa shape index (κ1) is 31.6. The predicted molar refractivity (Wildman–Crippen MR) is 229 cm³/mol. The quantitative estimate of drug-likeness (QED) is 0.162. The summed E-state index contributed by atoms with van der Waals surface area (Å²) in [6.07, 6.45) is 0. The Morgan fingerprint density at radius 1 is 0.278 bits per heavy atom.